The Morgan fingerprint density at radius 2 is 1.96 bits per heavy atom. The number of halogens is 3. The molecule has 0 unspecified atom stereocenters. The highest BCUT2D eigenvalue weighted by molar-refractivity contribution is 5.76. The Bertz CT molecular complexity index is 753. The zero-order chi connectivity index (χ0) is 20.0. The highest BCUT2D eigenvalue weighted by Crippen LogP contribution is 2.25. The number of aryl methyl sites for hydroxylation is 1. The second-order valence-corrected chi connectivity index (χ2v) is 7.12. The summed E-state index contributed by atoms with van der Waals surface area (Å²) in [7, 11) is 0. The van der Waals surface area contributed by atoms with Gasteiger partial charge in [-0.2, -0.15) is 13.2 Å². The predicted molar refractivity (Wildman–Crippen MR) is 97.8 cm³/mol. The monoisotopic (exact) mass is 395 g/mol. The number of hydrogen-bond acceptors (Lipinski definition) is 3. The first-order valence-corrected chi connectivity index (χ1v) is 9.51. The lowest BCUT2D eigenvalue weighted by Gasteiger charge is -2.23. The number of amides is 1. The van der Waals surface area contributed by atoms with Crippen molar-refractivity contribution in [2.45, 2.75) is 57.3 Å². The van der Waals surface area contributed by atoms with Gasteiger partial charge in [-0.05, 0) is 61.9 Å². The summed E-state index contributed by atoms with van der Waals surface area (Å²) in [6.07, 6.45) is 1.92. The molecule has 0 radical (unpaired) electrons. The second kappa shape index (κ2) is 9.17. The molecule has 28 heavy (non-hydrogen) atoms. The lowest BCUT2D eigenvalue weighted by Crippen LogP contribution is -2.38. The molecule has 152 valence electrons. The van der Waals surface area contributed by atoms with Crippen LogP contribution in [0.5, 0.6) is 5.75 Å². The van der Waals surface area contributed by atoms with E-state index in [1.165, 1.54) is 19.1 Å². The Morgan fingerprint density at radius 3 is 2.64 bits per heavy atom. The van der Waals surface area contributed by atoms with Crippen LogP contribution in [0.4, 0.5) is 13.2 Å². The minimum atomic E-state index is -4.46. The molecule has 2 aromatic rings. The van der Waals surface area contributed by atoms with Gasteiger partial charge in [-0.15, -0.1) is 0 Å². The normalized spacial score (nSPS) is 15.0. The predicted octanol–water partition coefficient (Wildman–Crippen LogP) is 5.12. The molecule has 0 atom stereocenters. The van der Waals surface area contributed by atoms with Crippen molar-refractivity contribution in [3.63, 3.8) is 0 Å². The van der Waals surface area contributed by atoms with Gasteiger partial charge in [0.25, 0.3) is 0 Å². The molecule has 1 fully saturated rings. The first kappa shape index (κ1) is 20.3. The smallest absolute Gasteiger partial charge is 0.406 e. The minimum absolute atomic E-state index is 0.0102. The Balaban J connectivity index is 1.58. The largest absolute Gasteiger partial charge is 0.490 e. The molecule has 0 N–H and O–H groups in total. The number of benzene rings is 1. The van der Waals surface area contributed by atoms with Gasteiger partial charge in [0.2, 0.25) is 5.91 Å². The zero-order valence-corrected chi connectivity index (χ0v) is 15.6. The van der Waals surface area contributed by atoms with Crippen molar-refractivity contribution in [1.29, 1.82) is 0 Å². The van der Waals surface area contributed by atoms with Crippen molar-refractivity contribution in [2.75, 3.05) is 6.54 Å². The molecule has 1 aliphatic rings. The van der Waals surface area contributed by atoms with Crippen LogP contribution in [0.3, 0.4) is 0 Å². The van der Waals surface area contributed by atoms with Crippen LogP contribution in [-0.2, 0) is 17.8 Å². The van der Waals surface area contributed by atoms with Gasteiger partial charge in [-0.1, -0.05) is 12.1 Å². The van der Waals surface area contributed by atoms with Crippen LogP contribution in [-0.4, -0.2) is 29.6 Å². The number of hydrogen-bond donors (Lipinski definition) is 0. The summed E-state index contributed by atoms with van der Waals surface area (Å²) in [5.41, 5.74) is 0.869. The number of ether oxygens (including phenoxy) is 1. The maximum atomic E-state index is 12.9. The zero-order valence-electron chi connectivity index (χ0n) is 15.6. The van der Waals surface area contributed by atoms with E-state index >= 15 is 0 Å². The van der Waals surface area contributed by atoms with Crippen LogP contribution in [0.1, 0.15) is 43.4 Å². The number of rotatable bonds is 8. The second-order valence-electron chi connectivity index (χ2n) is 7.12. The molecule has 3 rings (SSSR count). The molecular formula is C21H24F3NO3. The van der Waals surface area contributed by atoms with E-state index < -0.39 is 18.6 Å². The van der Waals surface area contributed by atoms with E-state index in [4.69, 9.17) is 9.15 Å². The molecule has 1 amide bonds. The van der Waals surface area contributed by atoms with Gasteiger partial charge in [0.15, 0.2) is 0 Å². The average molecular weight is 395 g/mol. The van der Waals surface area contributed by atoms with Crippen LogP contribution in [0.15, 0.2) is 47.1 Å². The average Bonchev–Trinajstić information content (AvgIpc) is 3.32. The summed E-state index contributed by atoms with van der Waals surface area (Å²) >= 11 is 0. The van der Waals surface area contributed by atoms with Crippen LogP contribution in [0.2, 0.25) is 0 Å². The van der Waals surface area contributed by atoms with Gasteiger partial charge in [0.1, 0.15) is 18.1 Å². The van der Waals surface area contributed by atoms with Crippen molar-refractivity contribution in [3.8, 4) is 5.75 Å². The summed E-state index contributed by atoms with van der Waals surface area (Å²) in [4.78, 5) is 13.2. The Labute approximate surface area is 162 Å². The van der Waals surface area contributed by atoms with E-state index in [0.717, 1.165) is 29.1 Å². The highest BCUT2D eigenvalue weighted by Gasteiger charge is 2.33. The molecule has 1 saturated carbocycles. The topological polar surface area (TPSA) is 42.7 Å². The fourth-order valence-corrected chi connectivity index (χ4v) is 3.42. The third kappa shape index (κ3) is 6.32. The third-order valence-electron chi connectivity index (χ3n) is 4.78. The molecule has 1 aliphatic carbocycles. The van der Waals surface area contributed by atoms with Gasteiger partial charge in [-0.3, -0.25) is 4.79 Å². The van der Waals surface area contributed by atoms with Gasteiger partial charge >= 0.3 is 6.18 Å². The summed E-state index contributed by atoms with van der Waals surface area (Å²) in [5, 5.41) is 0. The molecule has 0 spiro atoms. The fraction of sp³-hybridized carbons (Fsp3) is 0.476. The molecule has 0 saturated heterocycles. The highest BCUT2D eigenvalue weighted by atomic mass is 19.4. The molecule has 0 aliphatic heterocycles. The van der Waals surface area contributed by atoms with Gasteiger partial charge in [0.05, 0.1) is 18.9 Å². The van der Waals surface area contributed by atoms with Crippen LogP contribution < -0.4 is 4.74 Å². The van der Waals surface area contributed by atoms with E-state index in [1.807, 2.05) is 24.3 Å². The number of nitrogens with zero attached hydrogens (tertiary/aromatic N) is 1. The lowest BCUT2D eigenvalue weighted by atomic mass is 10.1. The van der Waals surface area contributed by atoms with E-state index in [0.29, 0.717) is 12.2 Å². The lowest BCUT2D eigenvalue weighted by molar-refractivity contribution is -0.162. The third-order valence-corrected chi connectivity index (χ3v) is 4.78. The van der Waals surface area contributed by atoms with E-state index in [1.54, 1.807) is 12.1 Å². The molecule has 1 aromatic heterocycles. The van der Waals surface area contributed by atoms with Crippen LogP contribution in [0.25, 0.3) is 0 Å². The maximum Gasteiger partial charge on any atom is 0.406 e. The van der Waals surface area contributed by atoms with Gasteiger partial charge in [-0.25, -0.2) is 0 Å². The van der Waals surface area contributed by atoms with Crippen LogP contribution >= 0.6 is 0 Å². The summed E-state index contributed by atoms with van der Waals surface area (Å²) in [6.45, 7) is -1.49. The molecule has 4 nitrogen and oxygen atoms in total. The van der Waals surface area contributed by atoms with E-state index in [2.05, 4.69) is 0 Å². The number of carbonyl (C=O) groups excluding carboxylic acids is 1. The Hall–Kier alpha value is -2.44. The fourth-order valence-electron chi connectivity index (χ4n) is 3.42. The standard InChI is InChI=1S/C21H24F3NO3/c22-21(23,24)15-25(14-19-9-4-12-27-19)20(26)11-10-16-5-3-8-18(13-16)28-17-6-1-2-7-17/h3-5,8-9,12-13,17H,1-2,6-7,10-11,14-15H2. The first-order chi connectivity index (χ1) is 13.4. The van der Waals surface area contributed by atoms with Crippen molar-refractivity contribution >= 4 is 5.91 Å². The van der Waals surface area contributed by atoms with Crippen molar-refractivity contribution < 1.29 is 27.1 Å². The van der Waals surface area contributed by atoms with Crippen LogP contribution in [0, 0.1) is 0 Å². The van der Waals surface area contributed by atoms with Crippen molar-refractivity contribution in [3.05, 3.63) is 54.0 Å². The maximum absolute atomic E-state index is 12.9. The number of furan rings is 1. The number of carbonyl (C=O) groups is 1. The first-order valence-electron chi connectivity index (χ1n) is 9.51. The molecular weight excluding hydrogens is 371 g/mol. The summed E-state index contributed by atoms with van der Waals surface area (Å²) in [6, 6.07) is 10.6. The molecule has 1 aromatic carbocycles. The summed E-state index contributed by atoms with van der Waals surface area (Å²) in [5.74, 6) is 0.514. The van der Waals surface area contributed by atoms with Crippen molar-refractivity contribution in [1.82, 2.24) is 4.90 Å². The number of alkyl halides is 3. The van der Waals surface area contributed by atoms with Crippen molar-refractivity contribution in [2.24, 2.45) is 0 Å². The SMILES string of the molecule is O=C(CCc1cccc(OC2CCCC2)c1)N(Cc1ccco1)CC(F)(F)F. The summed E-state index contributed by atoms with van der Waals surface area (Å²) < 4.78 is 49.6. The minimum Gasteiger partial charge on any atom is -0.490 e. The van der Waals surface area contributed by atoms with E-state index in [9.17, 15) is 18.0 Å². The van der Waals surface area contributed by atoms with Gasteiger partial charge < -0.3 is 14.1 Å². The Morgan fingerprint density at radius 1 is 1.18 bits per heavy atom. The van der Waals surface area contributed by atoms with E-state index in [-0.39, 0.29) is 19.1 Å². The molecule has 0 bridgehead atoms. The molecule has 7 heteroatoms. The molecule has 1 heterocycles. The van der Waals surface area contributed by atoms with Gasteiger partial charge in [0, 0.05) is 6.42 Å². The quantitative estimate of drug-likeness (QED) is 0.623. The Kier molecular flexibility index (Phi) is 6.65.